The first-order valence-corrected chi connectivity index (χ1v) is 10.3. The van der Waals surface area contributed by atoms with Crippen molar-refractivity contribution >= 4 is 23.2 Å². The van der Waals surface area contributed by atoms with E-state index in [4.69, 9.17) is 0 Å². The van der Waals surface area contributed by atoms with E-state index in [1.807, 2.05) is 31.2 Å². The fourth-order valence-corrected chi connectivity index (χ4v) is 2.89. The second-order valence-corrected chi connectivity index (χ2v) is 7.44. The topological polar surface area (TPSA) is 70.6 Å². The summed E-state index contributed by atoms with van der Waals surface area (Å²) in [5.41, 5.74) is 5.12. The summed E-state index contributed by atoms with van der Waals surface area (Å²) in [7, 11) is 0. The monoisotopic (exact) mass is 371 g/mol. The number of hydrogen-bond donors (Lipinski definition) is 2. The molecule has 2 N–H and O–H groups in total. The van der Waals surface area contributed by atoms with Crippen LogP contribution in [0.4, 0.5) is 5.69 Å². The molecule has 5 heteroatoms. The van der Waals surface area contributed by atoms with Crippen molar-refractivity contribution in [3.63, 3.8) is 0 Å². The first kappa shape index (κ1) is 21.1. The average Bonchev–Trinajstić information content (AvgIpc) is 3.51. The Morgan fingerprint density at radius 1 is 1.00 bits per heavy atom. The summed E-state index contributed by atoms with van der Waals surface area (Å²) in [6, 6.07) is 7.55. The third-order valence-electron chi connectivity index (χ3n) is 4.87. The minimum atomic E-state index is -0.0313. The van der Waals surface area contributed by atoms with Gasteiger partial charge in [0.15, 0.2) is 0 Å². The second kappa shape index (κ2) is 11.5. The van der Waals surface area contributed by atoms with Crippen LogP contribution in [0.3, 0.4) is 0 Å². The Morgan fingerprint density at radius 3 is 2.26 bits per heavy atom. The highest BCUT2D eigenvalue weighted by Crippen LogP contribution is 2.30. The van der Waals surface area contributed by atoms with Crippen molar-refractivity contribution in [1.82, 2.24) is 5.43 Å². The van der Waals surface area contributed by atoms with Gasteiger partial charge in [-0.3, -0.25) is 9.59 Å². The largest absolute Gasteiger partial charge is 0.326 e. The molecular weight excluding hydrogens is 338 g/mol. The fraction of sp³-hybridized carbons (Fsp3) is 0.591. The van der Waals surface area contributed by atoms with Crippen LogP contribution in [0, 0.1) is 5.92 Å². The van der Waals surface area contributed by atoms with Gasteiger partial charge in [0.25, 0.3) is 0 Å². The first-order chi connectivity index (χ1) is 13.1. The van der Waals surface area contributed by atoms with E-state index in [9.17, 15) is 9.59 Å². The average molecular weight is 372 g/mol. The van der Waals surface area contributed by atoms with Gasteiger partial charge in [0.05, 0.1) is 5.71 Å². The zero-order chi connectivity index (χ0) is 19.5. The minimum absolute atomic E-state index is 0.0313. The molecule has 27 heavy (non-hydrogen) atoms. The van der Waals surface area contributed by atoms with Gasteiger partial charge in [-0.2, -0.15) is 5.10 Å². The molecular formula is C22H33N3O2. The number of hydrazone groups is 1. The summed E-state index contributed by atoms with van der Waals surface area (Å²) in [5, 5.41) is 7.11. The molecule has 0 atom stereocenters. The zero-order valence-electron chi connectivity index (χ0n) is 16.7. The van der Waals surface area contributed by atoms with E-state index in [0.717, 1.165) is 42.6 Å². The highest BCUT2D eigenvalue weighted by Gasteiger charge is 2.29. The van der Waals surface area contributed by atoms with Crippen LogP contribution >= 0.6 is 0 Å². The van der Waals surface area contributed by atoms with E-state index < -0.39 is 0 Å². The van der Waals surface area contributed by atoms with Crippen LogP contribution in [0.1, 0.15) is 83.6 Å². The summed E-state index contributed by atoms with van der Waals surface area (Å²) in [6.45, 7) is 4.08. The van der Waals surface area contributed by atoms with Gasteiger partial charge in [-0.05, 0) is 43.9 Å². The maximum Gasteiger partial charge on any atom is 0.240 e. The molecule has 0 saturated heterocycles. The van der Waals surface area contributed by atoms with E-state index >= 15 is 0 Å². The lowest BCUT2D eigenvalue weighted by atomic mass is 10.1. The Labute approximate surface area is 163 Å². The zero-order valence-corrected chi connectivity index (χ0v) is 16.7. The first-order valence-electron chi connectivity index (χ1n) is 10.3. The van der Waals surface area contributed by atoms with Crippen LogP contribution in [0.25, 0.3) is 0 Å². The van der Waals surface area contributed by atoms with E-state index in [1.165, 1.54) is 32.1 Å². The molecule has 1 aliphatic carbocycles. The van der Waals surface area contributed by atoms with Crippen LogP contribution < -0.4 is 10.7 Å². The molecule has 0 radical (unpaired) electrons. The molecule has 5 nitrogen and oxygen atoms in total. The van der Waals surface area contributed by atoms with Crippen molar-refractivity contribution < 1.29 is 9.59 Å². The Kier molecular flexibility index (Phi) is 9.02. The van der Waals surface area contributed by atoms with Crippen molar-refractivity contribution in [3.8, 4) is 0 Å². The van der Waals surface area contributed by atoms with Crippen LogP contribution in [0.15, 0.2) is 29.4 Å². The third kappa shape index (κ3) is 8.37. The Bertz CT molecular complexity index is 633. The maximum absolute atomic E-state index is 11.9. The van der Waals surface area contributed by atoms with Crippen LogP contribution in [-0.4, -0.2) is 17.5 Å². The van der Waals surface area contributed by atoms with E-state index in [-0.39, 0.29) is 17.7 Å². The van der Waals surface area contributed by atoms with E-state index in [1.54, 1.807) is 0 Å². The molecule has 0 heterocycles. The van der Waals surface area contributed by atoms with Crippen molar-refractivity contribution in [3.05, 3.63) is 29.8 Å². The lowest BCUT2D eigenvalue weighted by Crippen LogP contribution is -2.18. The van der Waals surface area contributed by atoms with Gasteiger partial charge in [-0.25, -0.2) is 5.43 Å². The van der Waals surface area contributed by atoms with Gasteiger partial charge in [0.2, 0.25) is 11.8 Å². The Morgan fingerprint density at radius 2 is 1.63 bits per heavy atom. The SMILES string of the molecule is CCCCCCCCCC(=O)NN=C(C)c1ccc(NC(=O)C2CC2)cc1. The minimum Gasteiger partial charge on any atom is -0.326 e. The second-order valence-electron chi connectivity index (χ2n) is 7.44. The standard InChI is InChI=1S/C22H33N3O2/c1-3-4-5-6-7-8-9-10-21(26)25-24-17(2)18-13-15-20(16-14-18)23-22(27)19-11-12-19/h13-16,19H,3-12H2,1-2H3,(H,23,27)(H,25,26). The number of anilines is 1. The van der Waals surface area contributed by atoms with Crippen molar-refractivity contribution in [1.29, 1.82) is 0 Å². The molecule has 0 spiro atoms. The maximum atomic E-state index is 11.9. The summed E-state index contributed by atoms with van der Waals surface area (Å²) in [6.07, 6.45) is 10.9. The molecule has 0 unspecified atom stereocenters. The van der Waals surface area contributed by atoms with Crippen molar-refractivity contribution in [2.24, 2.45) is 11.0 Å². The summed E-state index contributed by atoms with van der Waals surface area (Å²) in [4.78, 5) is 23.7. The van der Waals surface area contributed by atoms with Gasteiger partial charge in [0.1, 0.15) is 0 Å². The number of carbonyl (C=O) groups excluding carboxylic acids is 2. The molecule has 0 bridgehead atoms. The van der Waals surface area contributed by atoms with Crippen LogP contribution in [-0.2, 0) is 9.59 Å². The summed E-state index contributed by atoms with van der Waals surface area (Å²) in [5.74, 6) is 0.265. The number of hydrogen-bond acceptors (Lipinski definition) is 3. The smallest absolute Gasteiger partial charge is 0.240 e. The quantitative estimate of drug-likeness (QED) is 0.308. The molecule has 0 aromatic heterocycles. The molecule has 1 aromatic rings. The Balaban J connectivity index is 1.66. The van der Waals surface area contributed by atoms with E-state index in [0.29, 0.717) is 6.42 Å². The highest BCUT2D eigenvalue weighted by atomic mass is 16.2. The summed E-state index contributed by atoms with van der Waals surface area (Å²) >= 11 is 0. The predicted octanol–water partition coefficient (Wildman–Crippen LogP) is 5.02. The molecule has 1 aliphatic rings. The number of nitrogens with one attached hydrogen (secondary N) is 2. The molecule has 148 valence electrons. The third-order valence-corrected chi connectivity index (χ3v) is 4.87. The lowest BCUT2D eigenvalue weighted by molar-refractivity contribution is -0.121. The van der Waals surface area contributed by atoms with Gasteiger partial charge < -0.3 is 5.32 Å². The molecule has 1 aromatic carbocycles. The van der Waals surface area contributed by atoms with Gasteiger partial charge >= 0.3 is 0 Å². The number of amides is 2. The van der Waals surface area contributed by atoms with Crippen LogP contribution in [0.2, 0.25) is 0 Å². The van der Waals surface area contributed by atoms with Crippen molar-refractivity contribution in [2.75, 3.05) is 5.32 Å². The lowest BCUT2D eigenvalue weighted by Gasteiger charge is -2.06. The Hall–Kier alpha value is -2.17. The summed E-state index contributed by atoms with van der Waals surface area (Å²) < 4.78 is 0. The number of nitrogens with zero attached hydrogens (tertiary/aromatic N) is 1. The highest BCUT2D eigenvalue weighted by molar-refractivity contribution is 6.00. The van der Waals surface area contributed by atoms with E-state index in [2.05, 4.69) is 22.8 Å². The predicted molar refractivity (Wildman–Crippen MR) is 111 cm³/mol. The molecule has 0 aliphatic heterocycles. The number of benzene rings is 1. The number of carbonyl (C=O) groups is 2. The molecule has 2 rings (SSSR count). The molecule has 1 saturated carbocycles. The number of rotatable bonds is 12. The normalized spacial score (nSPS) is 14.1. The van der Waals surface area contributed by atoms with Crippen LogP contribution in [0.5, 0.6) is 0 Å². The fourth-order valence-electron chi connectivity index (χ4n) is 2.89. The number of unbranched alkanes of at least 4 members (excludes halogenated alkanes) is 6. The van der Waals surface area contributed by atoms with Gasteiger partial charge in [-0.15, -0.1) is 0 Å². The molecule has 1 fully saturated rings. The van der Waals surface area contributed by atoms with Gasteiger partial charge in [0, 0.05) is 18.0 Å². The van der Waals surface area contributed by atoms with Crippen molar-refractivity contribution in [2.45, 2.75) is 78.1 Å². The van der Waals surface area contributed by atoms with Gasteiger partial charge in [-0.1, -0.05) is 57.6 Å². The molecule has 2 amide bonds.